The first kappa shape index (κ1) is 15.4. The Morgan fingerprint density at radius 2 is 2.05 bits per heavy atom. The van der Waals surface area contributed by atoms with E-state index in [2.05, 4.69) is 5.32 Å². The number of rotatable bonds is 2. The molecule has 1 aromatic rings. The van der Waals surface area contributed by atoms with Gasteiger partial charge in [-0.15, -0.1) is 0 Å². The predicted molar refractivity (Wildman–Crippen MR) is 72.3 cm³/mol. The number of ether oxygens (including phenoxy) is 1. The molecule has 5 heteroatoms. The Bertz CT molecular complexity index is 519. The highest BCUT2D eigenvalue weighted by Gasteiger charge is 2.45. The summed E-state index contributed by atoms with van der Waals surface area (Å²) in [4.78, 5) is 0. The van der Waals surface area contributed by atoms with E-state index in [1.54, 1.807) is 13.8 Å². The highest BCUT2D eigenvalue weighted by atomic mass is 19.2. The maximum Gasteiger partial charge on any atom is 0.208 e. The summed E-state index contributed by atoms with van der Waals surface area (Å²) in [6, 6.07) is 2.03. The summed E-state index contributed by atoms with van der Waals surface area (Å²) in [5, 5.41) is 13.9. The number of morpholine rings is 1. The van der Waals surface area contributed by atoms with Crippen molar-refractivity contribution >= 4 is 0 Å². The van der Waals surface area contributed by atoms with Crippen LogP contribution in [0.3, 0.4) is 0 Å². The van der Waals surface area contributed by atoms with Crippen molar-refractivity contribution in [1.82, 2.24) is 5.32 Å². The molecular formula is C15H21F2NO2. The zero-order chi connectivity index (χ0) is 15.1. The van der Waals surface area contributed by atoms with Crippen molar-refractivity contribution in [1.29, 1.82) is 0 Å². The lowest BCUT2D eigenvalue weighted by molar-refractivity contribution is -0.263. The van der Waals surface area contributed by atoms with Gasteiger partial charge in [-0.25, -0.2) is 8.78 Å². The fourth-order valence-corrected chi connectivity index (χ4v) is 2.58. The smallest absolute Gasteiger partial charge is 0.208 e. The zero-order valence-corrected chi connectivity index (χ0v) is 12.3. The van der Waals surface area contributed by atoms with Gasteiger partial charge in [-0.05, 0) is 44.9 Å². The van der Waals surface area contributed by atoms with E-state index in [9.17, 15) is 13.9 Å². The van der Waals surface area contributed by atoms with Gasteiger partial charge in [0.25, 0.3) is 0 Å². The number of benzene rings is 1. The molecule has 0 aromatic heterocycles. The molecule has 112 valence electrons. The number of hydrogen-bond donors (Lipinski definition) is 2. The summed E-state index contributed by atoms with van der Waals surface area (Å²) in [6.07, 6.45) is 0.347. The van der Waals surface area contributed by atoms with Gasteiger partial charge in [-0.1, -0.05) is 6.92 Å². The lowest BCUT2D eigenvalue weighted by Gasteiger charge is -2.46. The van der Waals surface area contributed by atoms with Crippen molar-refractivity contribution in [2.75, 3.05) is 6.61 Å². The first-order valence-electron chi connectivity index (χ1n) is 6.82. The maximum absolute atomic E-state index is 13.7. The van der Waals surface area contributed by atoms with E-state index in [0.29, 0.717) is 6.42 Å². The van der Waals surface area contributed by atoms with Crippen LogP contribution in [0.15, 0.2) is 12.1 Å². The van der Waals surface area contributed by atoms with Gasteiger partial charge in [0.15, 0.2) is 11.6 Å². The van der Waals surface area contributed by atoms with Gasteiger partial charge in [0.1, 0.15) is 0 Å². The number of nitrogens with one attached hydrogen (secondary N) is 1. The second-order valence-electron chi connectivity index (χ2n) is 6.02. The van der Waals surface area contributed by atoms with E-state index < -0.39 is 23.5 Å². The minimum Gasteiger partial charge on any atom is -0.361 e. The van der Waals surface area contributed by atoms with Crippen LogP contribution in [0, 0.1) is 11.6 Å². The molecule has 20 heavy (non-hydrogen) atoms. The monoisotopic (exact) mass is 285 g/mol. The first-order chi connectivity index (χ1) is 9.19. The molecule has 0 amide bonds. The third kappa shape index (κ3) is 2.57. The molecule has 1 heterocycles. The van der Waals surface area contributed by atoms with Crippen LogP contribution in [0.4, 0.5) is 8.78 Å². The topological polar surface area (TPSA) is 41.5 Å². The van der Waals surface area contributed by atoms with Crippen molar-refractivity contribution in [3.05, 3.63) is 34.9 Å². The molecule has 1 aromatic carbocycles. The Kier molecular flexibility index (Phi) is 3.88. The van der Waals surface area contributed by atoms with Crippen molar-refractivity contribution in [2.24, 2.45) is 0 Å². The van der Waals surface area contributed by atoms with Gasteiger partial charge < -0.3 is 15.2 Å². The van der Waals surface area contributed by atoms with E-state index >= 15 is 0 Å². The average Bonchev–Trinajstić information content (AvgIpc) is 2.37. The Balaban J connectivity index is 2.43. The highest BCUT2D eigenvalue weighted by Crippen LogP contribution is 2.34. The summed E-state index contributed by atoms with van der Waals surface area (Å²) >= 11 is 0. The second kappa shape index (κ2) is 5.06. The van der Waals surface area contributed by atoms with Gasteiger partial charge in [0, 0.05) is 11.1 Å². The zero-order valence-electron chi connectivity index (χ0n) is 12.3. The van der Waals surface area contributed by atoms with E-state index in [0.717, 1.165) is 6.07 Å². The van der Waals surface area contributed by atoms with E-state index in [1.807, 2.05) is 13.8 Å². The fourth-order valence-electron chi connectivity index (χ4n) is 2.58. The van der Waals surface area contributed by atoms with Crippen LogP contribution >= 0.6 is 0 Å². The molecule has 0 spiro atoms. The first-order valence-corrected chi connectivity index (χ1v) is 6.82. The molecule has 0 aliphatic carbocycles. The van der Waals surface area contributed by atoms with E-state index in [1.165, 1.54) is 6.07 Å². The highest BCUT2D eigenvalue weighted by molar-refractivity contribution is 5.31. The van der Waals surface area contributed by atoms with Gasteiger partial charge in [-0.2, -0.15) is 0 Å². The van der Waals surface area contributed by atoms with Crippen LogP contribution in [0.2, 0.25) is 0 Å². The summed E-state index contributed by atoms with van der Waals surface area (Å²) in [5.74, 6) is -3.49. The molecule has 0 radical (unpaired) electrons. The molecule has 1 aliphatic rings. The summed E-state index contributed by atoms with van der Waals surface area (Å²) < 4.78 is 32.8. The largest absolute Gasteiger partial charge is 0.361 e. The van der Waals surface area contributed by atoms with Crippen molar-refractivity contribution < 1.29 is 18.6 Å². The molecule has 0 saturated carbocycles. The van der Waals surface area contributed by atoms with Gasteiger partial charge in [-0.3, -0.25) is 0 Å². The van der Waals surface area contributed by atoms with Crippen LogP contribution in [0.5, 0.6) is 0 Å². The van der Waals surface area contributed by atoms with Crippen LogP contribution < -0.4 is 5.32 Å². The molecule has 1 saturated heterocycles. The number of aliphatic hydroxyl groups is 1. The standard InChI is InChI=1S/C15H21F2NO2/c1-5-10-6-11(7-12(16)13(10)17)15(19)9(2)18-14(3,4)8-20-15/h6-7,9,18-19H,5,8H2,1-4H3. The third-order valence-corrected chi connectivity index (χ3v) is 3.75. The summed E-state index contributed by atoms with van der Waals surface area (Å²) in [5.41, 5.74) is 0.190. The second-order valence-corrected chi connectivity index (χ2v) is 6.02. The third-order valence-electron chi connectivity index (χ3n) is 3.75. The normalized spacial score (nSPS) is 29.4. The molecular weight excluding hydrogens is 264 g/mol. The Labute approximate surface area is 117 Å². The fraction of sp³-hybridized carbons (Fsp3) is 0.600. The average molecular weight is 285 g/mol. The summed E-state index contributed by atoms with van der Waals surface area (Å²) in [7, 11) is 0. The molecule has 3 nitrogen and oxygen atoms in total. The van der Waals surface area contributed by atoms with Crippen LogP contribution in [0.1, 0.15) is 38.8 Å². The Hall–Kier alpha value is -1.04. The number of aryl methyl sites for hydroxylation is 1. The van der Waals surface area contributed by atoms with Gasteiger partial charge in [0.05, 0.1) is 12.6 Å². The minimum atomic E-state index is -1.66. The molecule has 2 atom stereocenters. The Morgan fingerprint density at radius 1 is 1.40 bits per heavy atom. The lowest BCUT2D eigenvalue weighted by Crippen LogP contribution is -2.63. The maximum atomic E-state index is 13.7. The predicted octanol–water partition coefficient (Wildman–Crippen LogP) is 2.46. The van der Waals surface area contributed by atoms with Crippen LogP contribution in [-0.4, -0.2) is 23.3 Å². The minimum absolute atomic E-state index is 0.231. The number of hydrogen-bond acceptors (Lipinski definition) is 3. The van der Waals surface area contributed by atoms with Crippen LogP contribution in [0.25, 0.3) is 0 Å². The quantitative estimate of drug-likeness (QED) is 0.877. The Morgan fingerprint density at radius 3 is 2.60 bits per heavy atom. The number of halogens is 2. The molecule has 2 rings (SSSR count). The van der Waals surface area contributed by atoms with Crippen molar-refractivity contribution in [3.8, 4) is 0 Å². The van der Waals surface area contributed by atoms with Gasteiger partial charge in [0.2, 0.25) is 5.79 Å². The molecule has 2 N–H and O–H groups in total. The van der Waals surface area contributed by atoms with E-state index in [4.69, 9.17) is 4.74 Å². The van der Waals surface area contributed by atoms with Crippen LogP contribution in [-0.2, 0) is 16.9 Å². The molecule has 1 aliphatic heterocycles. The SMILES string of the molecule is CCc1cc(C2(O)OCC(C)(C)NC2C)cc(F)c1F. The molecule has 2 unspecified atom stereocenters. The van der Waals surface area contributed by atoms with Crippen molar-refractivity contribution in [3.63, 3.8) is 0 Å². The van der Waals surface area contributed by atoms with E-state index in [-0.39, 0.29) is 23.3 Å². The molecule has 1 fully saturated rings. The molecule has 0 bridgehead atoms. The summed E-state index contributed by atoms with van der Waals surface area (Å²) in [6.45, 7) is 7.66. The lowest BCUT2D eigenvalue weighted by atomic mass is 9.91. The van der Waals surface area contributed by atoms with Gasteiger partial charge >= 0.3 is 0 Å². The van der Waals surface area contributed by atoms with Crippen molar-refractivity contribution in [2.45, 2.75) is 51.5 Å².